The lowest BCUT2D eigenvalue weighted by Crippen LogP contribution is -2.05. The predicted molar refractivity (Wildman–Crippen MR) is 68.6 cm³/mol. The fraction of sp³-hybridized carbons (Fsp3) is 0.500. The first kappa shape index (κ1) is 12.4. The van der Waals surface area contributed by atoms with E-state index < -0.39 is 0 Å². The maximum Gasteiger partial charge on any atom is 0.142 e. The maximum absolute atomic E-state index is 5.27. The monoisotopic (exact) mass is 271 g/mol. The van der Waals surface area contributed by atoms with Gasteiger partial charge in [-0.2, -0.15) is 0 Å². The Hall–Kier alpha value is -0.700. The van der Waals surface area contributed by atoms with Crippen molar-refractivity contribution in [1.82, 2.24) is 0 Å². The van der Waals surface area contributed by atoms with Gasteiger partial charge >= 0.3 is 0 Å². The average Bonchev–Trinajstić information content (AvgIpc) is 2.17. The maximum atomic E-state index is 5.27. The van der Waals surface area contributed by atoms with Crippen LogP contribution in [0.3, 0.4) is 0 Å². The molecular weight excluding hydrogens is 254 g/mol. The van der Waals surface area contributed by atoms with Crippen LogP contribution < -0.4 is 10.1 Å². The first-order valence-corrected chi connectivity index (χ1v) is 6.00. The summed E-state index contributed by atoms with van der Waals surface area (Å²) in [5, 5.41) is 3.38. The first-order valence-electron chi connectivity index (χ1n) is 5.21. The SMILES string of the molecule is COc1ccc(Br)cc1NCCC(C)C. The number of ether oxygens (including phenoxy) is 1. The third-order valence-corrected chi connectivity index (χ3v) is 2.69. The number of rotatable bonds is 5. The number of benzene rings is 1. The van der Waals surface area contributed by atoms with Crippen molar-refractivity contribution in [2.75, 3.05) is 19.0 Å². The molecule has 0 fully saturated rings. The van der Waals surface area contributed by atoms with Crippen LogP contribution in [0.4, 0.5) is 5.69 Å². The summed E-state index contributed by atoms with van der Waals surface area (Å²) >= 11 is 3.45. The molecule has 1 aromatic carbocycles. The van der Waals surface area contributed by atoms with E-state index >= 15 is 0 Å². The van der Waals surface area contributed by atoms with Gasteiger partial charge < -0.3 is 10.1 Å². The zero-order valence-corrected chi connectivity index (χ0v) is 11.1. The molecule has 0 unspecified atom stereocenters. The Kier molecular flexibility index (Phi) is 4.95. The molecule has 1 rings (SSSR count). The van der Waals surface area contributed by atoms with Gasteiger partial charge in [0.1, 0.15) is 5.75 Å². The van der Waals surface area contributed by atoms with E-state index in [9.17, 15) is 0 Å². The summed E-state index contributed by atoms with van der Waals surface area (Å²) in [4.78, 5) is 0. The zero-order valence-electron chi connectivity index (χ0n) is 9.51. The van der Waals surface area contributed by atoms with Crippen LogP contribution in [0.1, 0.15) is 20.3 Å². The Bertz CT molecular complexity index is 312. The second-order valence-electron chi connectivity index (χ2n) is 3.95. The minimum absolute atomic E-state index is 0.718. The molecule has 0 aromatic heterocycles. The van der Waals surface area contributed by atoms with Crippen molar-refractivity contribution < 1.29 is 4.74 Å². The summed E-state index contributed by atoms with van der Waals surface area (Å²) in [6, 6.07) is 5.98. The van der Waals surface area contributed by atoms with Gasteiger partial charge in [-0.1, -0.05) is 29.8 Å². The van der Waals surface area contributed by atoms with Crippen LogP contribution in [0.5, 0.6) is 5.75 Å². The van der Waals surface area contributed by atoms with Crippen LogP contribution in [0.25, 0.3) is 0 Å². The molecule has 0 radical (unpaired) electrons. The van der Waals surface area contributed by atoms with Crippen molar-refractivity contribution in [2.24, 2.45) is 5.92 Å². The highest BCUT2D eigenvalue weighted by Gasteiger charge is 2.03. The van der Waals surface area contributed by atoms with Crippen molar-refractivity contribution in [3.8, 4) is 5.75 Å². The Morgan fingerprint density at radius 2 is 2.13 bits per heavy atom. The quantitative estimate of drug-likeness (QED) is 0.877. The standard InChI is InChI=1S/C12H18BrNO/c1-9(2)6-7-14-11-8-10(13)4-5-12(11)15-3/h4-5,8-9,14H,6-7H2,1-3H3. The number of nitrogens with one attached hydrogen (secondary N) is 1. The summed E-state index contributed by atoms with van der Waals surface area (Å²) in [5.74, 6) is 1.61. The summed E-state index contributed by atoms with van der Waals surface area (Å²) in [7, 11) is 1.69. The highest BCUT2D eigenvalue weighted by atomic mass is 79.9. The summed E-state index contributed by atoms with van der Waals surface area (Å²) in [5.41, 5.74) is 1.05. The fourth-order valence-corrected chi connectivity index (χ4v) is 1.67. The van der Waals surface area contributed by atoms with Crippen molar-refractivity contribution in [3.05, 3.63) is 22.7 Å². The lowest BCUT2D eigenvalue weighted by atomic mass is 10.1. The molecule has 0 saturated carbocycles. The first-order chi connectivity index (χ1) is 7.13. The van der Waals surface area contributed by atoms with Gasteiger partial charge in [0.2, 0.25) is 0 Å². The van der Waals surface area contributed by atoms with Crippen LogP contribution >= 0.6 is 15.9 Å². The second-order valence-corrected chi connectivity index (χ2v) is 4.87. The van der Waals surface area contributed by atoms with E-state index in [-0.39, 0.29) is 0 Å². The molecule has 0 aliphatic carbocycles. The van der Waals surface area contributed by atoms with E-state index in [1.54, 1.807) is 7.11 Å². The Morgan fingerprint density at radius 3 is 2.73 bits per heavy atom. The average molecular weight is 272 g/mol. The van der Waals surface area contributed by atoms with E-state index in [1.807, 2.05) is 18.2 Å². The summed E-state index contributed by atoms with van der Waals surface area (Å²) in [6.07, 6.45) is 1.16. The molecule has 0 bridgehead atoms. The van der Waals surface area contributed by atoms with Gasteiger partial charge in [0.25, 0.3) is 0 Å². The Labute approximate surface area is 100 Å². The Morgan fingerprint density at radius 1 is 1.40 bits per heavy atom. The van der Waals surface area contributed by atoms with Crippen LogP contribution in [-0.2, 0) is 0 Å². The molecule has 1 aromatic rings. The van der Waals surface area contributed by atoms with Gasteiger partial charge in [0.05, 0.1) is 12.8 Å². The molecule has 15 heavy (non-hydrogen) atoms. The number of methoxy groups -OCH3 is 1. The van der Waals surface area contributed by atoms with Crippen LogP contribution in [0.15, 0.2) is 22.7 Å². The molecule has 0 saturated heterocycles. The molecular formula is C12H18BrNO. The Balaban J connectivity index is 2.62. The van der Waals surface area contributed by atoms with Gasteiger partial charge in [0.15, 0.2) is 0 Å². The molecule has 0 amide bonds. The van der Waals surface area contributed by atoms with E-state index in [1.165, 1.54) is 0 Å². The van der Waals surface area contributed by atoms with E-state index in [0.717, 1.165) is 34.8 Å². The van der Waals surface area contributed by atoms with Gasteiger partial charge in [-0.05, 0) is 30.5 Å². The number of anilines is 1. The normalized spacial score (nSPS) is 10.5. The topological polar surface area (TPSA) is 21.3 Å². The zero-order chi connectivity index (χ0) is 11.3. The number of hydrogen-bond acceptors (Lipinski definition) is 2. The van der Waals surface area contributed by atoms with Gasteiger partial charge in [0, 0.05) is 11.0 Å². The highest BCUT2D eigenvalue weighted by Crippen LogP contribution is 2.27. The van der Waals surface area contributed by atoms with E-state index in [4.69, 9.17) is 4.74 Å². The highest BCUT2D eigenvalue weighted by molar-refractivity contribution is 9.10. The van der Waals surface area contributed by atoms with E-state index in [0.29, 0.717) is 0 Å². The fourth-order valence-electron chi connectivity index (χ4n) is 1.31. The van der Waals surface area contributed by atoms with Gasteiger partial charge in [-0.3, -0.25) is 0 Å². The molecule has 1 N–H and O–H groups in total. The predicted octanol–water partition coefficient (Wildman–Crippen LogP) is 3.92. The minimum atomic E-state index is 0.718. The molecule has 2 nitrogen and oxygen atoms in total. The molecule has 0 aliphatic heterocycles. The molecule has 3 heteroatoms. The molecule has 0 spiro atoms. The third-order valence-electron chi connectivity index (χ3n) is 2.20. The van der Waals surface area contributed by atoms with E-state index in [2.05, 4.69) is 35.1 Å². The van der Waals surface area contributed by atoms with Gasteiger partial charge in [-0.25, -0.2) is 0 Å². The van der Waals surface area contributed by atoms with Crippen molar-refractivity contribution in [1.29, 1.82) is 0 Å². The number of halogens is 1. The summed E-state index contributed by atoms with van der Waals surface area (Å²) < 4.78 is 6.34. The molecule has 84 valence electrons. The lowest BCUT2D eigenvalue weighted by Gasteiger charge is -2.12. The van der Waals surface area contributed by atoms with Gasteiger partial charge in [-0.15, -0.1) is 0 Å². The molecule has 0 heterocycles. The smallest absolute Gasteiger partial charge is 0.142 e. The van der Waals surface area contributed by atoms with Crippen molar-refractivity contribution in [2.45, 2.75) is 20.3 Å². The van der Waals surface area contributed by atoms with Crippen molar-refractivity contribution >= 4 is 21.6 Å². The minimum Gasteiger partial charge on any atom is -0.495 e. The van der Waals surface area contributed by atoms with Crippen LogP contribution in [-0.4, -0.2) is 13.7 Å². The molecule has 0 aliphatic rings. The second kappa shape index (κ2) is 6.01. The molecule has 0 atom stereocenters. The van der Waals surface area contributed by atoms with Crippen molar-refractivity contribution in [3.63, 3.8) is 0 Å². The third kappa shape index (κ3) is 4.12. The largest absolute Gasteiger partial charge is 0.495 e. The lowest BCUT2D eigenvalue weighted by molar-refractivity contribution is 0.416. The van der Waals surface area contributed by atoms with Crippen LogP contribution in [0.2, 0.25) is 0 Å². The summed E-state index contributed by atoms with van der Waals surface area (Å²) in [6.45, 7) is 5.42. The number of hydrogen-bond donors (Lipinski definition) is 1. The van der Waals surface area contributed by atoms with Crippen LogP contribution in [0, 0.1) is 5.92 Å².